The van der Waals surface area contributed by atoms with E-state index in [-0.39, 0.29) is 31.3 Å². The first kappa shape index (κ1) is 26.8. The number of hydrogen-bond donors (Lipinski definition) is 1. The van der Waals surface area contributed by atoms with E-state index in [0.29, 0.717) is 0 Å². The average Bonchev–Trinajstić information content (AvgIpc) is 3.06. The van der Waals surface area contributed by atoms with Crippen LogP contribution in [0.2, 0.25) is 0 Å². The van der Waals surface area contributed by atoms with Crippen LogP contribution in [-0.4, -0.2) is 19.2 Å². The van der Waals surface area contributed by atoms with Crippen LogP contribution in [0.5, 0.6) is 0 Å². The number of aliphatic hydroxyl groups is 1. The number of nitrogens with zero attached hydrogens (tertiary/aromatic N) is 1. The summed E-state index contributed by atoms with van der Waals surface area (Å²) in [5, 5.41) is 13.7. The number of rotatable bonds is 2. The van der Waals surface area contributed by atoms with Gasteiger partial charge in [0.05, 0.1) is 0 Å². The molecule has 0 aromatic heterocycles. The Bertz CT molecular complexity index is 796. The third-order valence-corrected chi connectivity index (χ3v) is 4.28. The molecule has 0 aliphatic heterocycles. The van der Waals surface area contributed by atoms with Gasteiger partial charge in [0.25, 0.3) is 0 Å². The molecule has 0 aliphatic carbocycles. The second-order valence-corrected chi connectivity index (χ2v) is 7.56. The molecule has 1 N–H and O–H groups in total. The predicted octanol–water partition coefficient (Wildman–Crippen LogP) is 7.24. The summed E-state index contributed by atoms with van der Waals surface area (Å²) in [7, 11) is 3.50. The van der Waals surface area contributed by atoms with Gasteiger partial charge in [0.2, 0.25) is 0 Å². The van der Waals surface area contributed by atoms with Crippen LogP contribution in [0.25, 0.3) is 27.2 Å². The molecule has 3 aromatic rings. The second kappa shape index (κ2) is 13.1. The smallest absolute Gasteiger partial charge is 0 e. The fraction of sp³-hybridized carbons (Fsp3) is 0.360. The number of fused-ring (bicyclic) bond motifs is 1. The second-order valence-electron chi connectivity index (χ2n) is 7.56. The van der Waals surface area contributed by atoms with Gasteiger partial charge in [-0.2, -0.15) is 27.1 Å². The van der Waals surface area contributed by atoms with E-state index in [1.807, 2.05) is 0 Å². The fourth-order valence-electron chi connectivity index (χ4n) is 2.90. The molecule has 0 fully saturated rings. The van der Waals surface area contributed by atoms with Crippen LogP contribution in [0.1, 0.15) is 45.7 Å². The average molecular weight is 543 g/mol. The van der Waals surface area contributed by atoms with Crippen molar-refractivity contribution in [2.75, 3.05) is 14.1 Å². The molecule has 0 radical (unpaired) electrons. The van der Waals surface area contributed by atoms with Crippen LogP contribution < -0.4 is 0 Å². The minimum atomic E-state index is 0. The molecule has 0 saturated carbocycles. The third kappa shape index (κ3) is 7.69. The van der Waals surface area contributed by atoms with Gasteiger partial charge >= 0.3 is 0 Å². The minimum absolute atomic E-state index is 0. The maximum atomic E-state index is 7.44. The Hall–Kier alpha value is -1.16. The van der Waals surface area contributed by atoms with E-state index in [2.05, 4.69) is 87.6 Å². The van der Waals surface area contributed by atoms with Gasteiger partial charge in [0, 0.05) is 25.8 Å². The van der Waals surface area contributed by atoms with Crippen LogP contribution in [0.15, 0.2) is 54.6 Å². The van der Waals surface area contributed by atoms with Crippen molar-refractivity contribution in [3.63, 3.8) is 0 Å². The Morgan fingerprint density at radius 1 is 1.04 bits per heavy atom. The normalized spacial score (nSPS) is 10.3. The first-order chi connectivity index (χ1) is 12.8. The van der Waals surface area contributed by atoms with Crippen molar-refractivity contribution in [2.45, 2.75) is 46.5 Å². The summed E-state index contributed by atoms with van der Waals surface area (Å²) in [6, 6.07) is 20.3. The van der Waals surface area contributed by atoms with E-state index in [1.54, 1.807) is 21.0 Å². The van der Waals surface area contributed by atoms with Crippen molar-refractivity contribution in [3.05, 3.63) is 77.6 Å². The quantitative estimate of drug-likeness (QED) is 0.269. The molecule has 152 valence electrons. The molecule has 0 amide bonds. The van der Waals surface area contributed by atoms with Gasteiger partial charge in [0.1, 0.15) is 0 Å². The molecule has 0 heterocycles. The van der Waals surface area contributed by atoms with E-state index >= 15 is 0 Å². The summed E-state index contributed by atoms with van der Waals surface area (Å²) in [5.74, 6) is 0. The molecule has 0 aliphatic rings. The molecule has 0 unspecified atom stereocenters. The number of aliphatic hydroxyl groups excluding tert-OH is 1. The van der Waals surface area contributed by atoms with E-state index in [9.17, 15) is 0 Å². The summed E-state index contributed by atoms with van der Waals surface area (Å²) in [6.07, 6.45) is 1.09. The zero-order valence-electron chi connectivity index (χ0n) is 18.4. The van der Waals surface area contributed by atoms with Crippen LogP contribution >= 0.6 is 0 Å². The summed E-state index contributed by atoms with van der Waals surface area (Å²) < 4.78 is 0. The van der Waals surface area contributed by atoms with Crippen LogP contribution in [0.4, 0.5) is 0 Å². The van der Waals surface area contributed by atoms with Crippen molar-refractivity contribution in [1.82, 2.24) is 0 Å². The maximum Gasteiger partial charge on any atom is 0 e. The Balaban J connectivity index is 0.000000930. The van der Waals surface area contributed by atoms with Crippen LogP contribution in [0.3, 0.4) is 0 Å². The Labute approximate surface area is 190 Å². The topological polar surface area (TPSA) is 34.3 Å². The Morgan fingerprint density at radius 3 is 2.04 bits per heavy atom. The molecular weight excluding hydrogens is 509 g/mol. The van der Waals surface area contributed by atoms with Crippen LogP contribution in [0, 0.1) is 6.61 Å². The predicted molar refractivity (Wildman–Crippen MR) is 120 cm³/mol. The van der Waals surface area contributed by atoms with Crippen molar-refractivity contribution < 1.29 is 30.9 Å². The number of hydrogen-bond acceptors (Lipinski definition) is 1. The first-order valence-corrected chi connectivity index (χ1v) is 9.51. The Morgan fingerprint density at radius 2 is 1.57 bits per heavy atom. The largest absolute Gasteiger partial charge is 0.668 e. The number of benzene rings is 2. The van der Waals surface area contributed by atoms with Gasteiger partial charge in [-0.3, -0.25) is 0 Å². The van der Waals surface area contributed by atoms with Crippen molar-refractivity contribution in [2.24, 2.45) is 0 Å². The molecule has 0 bridgehead atoms. The van der Waals surface area contributed by atoms with Crippen molar-refractivity contribution >= 4 is 10.8 Å². The van der Waals surface area contributed by atoms with Gasteiger partial charge in [-0.15, -0.1) is 34.5 Å². The van der Waals surface area contributed by atoms with Gasteiger partial charge in [-0.25, -0.2) is 6.61 Å². The summed E-state index contributed by atoms with van der Waals surface area (Å²) in [4.78, 5) is 0. The monoisotopic (exact) mass is 544 g/mol. The molecule has 0 saturated heterocycles. The molecule has 28 heavy (non-hydrogen) atoms. The van der Waals surface area contributed by atoms with Gasteiger partial charge in [0.15, 0.2) is 0 Å². The van der Waals surface area contributed by atoms with Gasteiger partial charge in [-0.05, 0) is 23.0 Å². The molecular formula is C25H34HfNO-3. The number of aryl methyl sites for hydroxylation is 1. The zero-order chi connectivity index (χ0) is 20.4. The van der Waals surface area contributed by atoms with Crippen LogP contribution in [-0.2, 0) is 37.7 Å². The van der Waals surface area contributed by atoms with Gasteiger partial charge in [-0.1, -0.05) is 63.6 Å². The summed E-state index contributed by atoms with van der Waals surface area (Å²) in [6.45, 7) is 11.5. The molecule has 0 atom stereocenters. The third-order valence-electron chi connectivity index (χ3n) is 4.28. The molecule has 3 heteroatoms. The molecule has 0 spiro atoms. The van der Waals surface area contributed by atoms with E-state index < -0.39 is 0 Å². The standard InChI is InChI=1S/C21H23.C2H6N.C2H5O.Hf/c1-5-15-13-17-7-6-8-19(20(17)14-15)16-9-11-18(12-10-16)21(2,3)4;1-3-2;1-2-3;/h6-14H,5H2,1-4H3;1-2H3;2-3H,1H3;/q3*-1;. The maximum absolute atomic E-state index is 7.44. The SMILES string of the molecule is CCc1cc2c(-c3ccc(C(C)(C)C)cc3)cccc2[cH-]1.C[CH-]O.C[N-]C.[Hf]. The van der Waals surface area contributed by atoms with E-state index in [0.717, 1.165) is 13.0 Å². The van der Waals surface area contributed by atoms with E-state index in [1.165, 1.54) is 33.0 Å². The van der Waals surface area contributed by atoms with Crippen molar-refractivity contribution in [1.29, 1.82) is 0 Å². The Kier molecular flexibility index (Phi) is 12.6. The molecule has 2 nitrogen and oxygen atoms in total. The fourth-order valence-corrected chi connectivity index (χ4v) is 2.90. The minimum Gasteiger partial charge on any atom is -0.668 e. The summed E-state index contributed by atoms with van der Waals surface area (Å²) >= 11 is 0. The van der Waals surface area contributed by atoms with Crippen molar-refractivity contribution in [3.8, 4) is 11.1 Å². The first-order valence-electron chi connectivity index (χ1n) is 9.51. The van der Waals surface area contributed by atoms with E-state index in [4.69, 9.17) is 5.11 Å². The molecule has 3 aromatic carbocycles. The van der Waals surface area contributed by atoms with Gasteiger partial charge < -0.3 is 10.4 Å². The zero-order valence-corrected chi connectivity index (χ0v) is 22.0. The molecule has 3 rings (SSSR count). The summed E-state index contributed by atoms with van der Waals surface area (Å²) in [5.41, 5.74) is 5.66.